The fraction of sp³-hybridized carbons (Fsp3) is 0.467. The van der Waals surface area contributed by atoms with E-state index in [0.29, 0.717) is 5.56 Å². The van der Waals surface area contributed by atoms with Gasteiger partial charge >= 0.3 is 0 Å². The van der Waals surface area contributed by atoms with Gasteiger partial charge in [-0.05, 0) is 31.0 Å². The van der Waals surface area contributed by atoms with Crippen molar-refractivity contribution in [1.29, 1.82) is 5.26 Å². The molecule has 1 aliphatic rings. The zero-order valence-corrected chi connectivity index (χ0v) is 10.9. The second kappa shape index (κ2) is 3.84. The normalized spacial score (nSPS) is 18.1. The summed E-state index contributed by atoms with van der Waals surface area (Å²) in [6, 6.07) is 7.93. The van der Waals surface area contributed by atoms with Crippen LogP contribution in [0.5, 0.6) is 0 Å². The first-order valence-electron chi connectivity index (χ1n) is 6.51. The molecule has 3 heteroatoms. The number of aromatic nitrogens is 2. The Morgan fingerprint density at radius 1 is 1.33 bits per heavy atom. The molecule has 0 bridgehead atoms. The topological polar surface area (TPSA) is 41.6 Å². The van der Waals surface area contributed by atoms with E-state index in [-0.39, 0.29) is 5.41 Å². The molecule has 0 aliphatic heterocycles. The zero-order chi connectivity index (χ0) is 12.8. The molecule has 0 amide bonds. The van der Waals surface area contributed by atoms with E-state index in [1.807, 2.05) is 18.2 Å². The summed E-state index contributed by atoms with van der Waals surface area (Å²) >= 11 is 0. The fourth-order valence-electron chi connectivity index (χ4n) is 3.19. The smallest absolute Gasteiger partial charge is 0.115 e. The number of hydrogen-bond donors (Lipinski definition) is 0. The molecule has 1 aromatic heterocycles. The van der Waals surface area contributed by atoms with Crippen LogP contribution in [0.25, 0.3) is 11.0 Å². The molecule has 1 aromatic carbocycles. The molecule has 18 heavy (non-hydrogen) atoms. The molecular weight excluding hydrogens is 222 g/mol. The Balaban J connectivity index is 2.19. The van der Waals surface area contributed by atoms with E-state index in [1.54, 1.807) is 0 Å². The molecule has 1 fully saturated rings. The predicted molar refractivity (Wildman–Crippen MR) is 71.2 cm³/mol. The maximum absolute atomic E-state index is 8.95. The Bertz CT molecular complexity index is 640. The SMILES string of the molecule is Cn1c(C2(C)CCCC2)nc2cc(C#N)ccc21. The molecule has 1 aliphatic carbocycles. The molecule has 0 radical (unpaired) electrons. The summed E-state index contributed by atoms with van der Waals surface area (Å²) in [6.45, 7) is 2.31. The first kappa shape index (κ1) is 11.3. The minimum Gasteiger partial charge on any atom is -0.331 e. The highest BCUT2D eigenvalue weighted by atomic mass is 15.1. The molecule has 0 spiro atoms. The molecule has 92 valence electrons. The monoisotopic (exact) mass is 239 g/mol. The molecule has 0 atom stereocenters. The third-order valence-electron chi connectivity index (χ3n) is 4.26. The highest BCUT2D eigenvalue weighted by Crippen LogP contribution is 2.40. The van der Waals surface area contributed by atoms with Gasteiger partial charge in [0.05, 0.1) is 22.7 Å². The summed E-state index contributed by atoms with van der Waals surface area (Å²) in [7, 11) is 2.08. The molecule has 1 saturated carbocycles. The Hall–Kier alpha value is -1.82. The van der Waals surface area contributed by atoms with E-state index in [9.17, 15) is 0 Å². The Morgan fingerprint density at radius 3 is 2.72 bits per heavy atom. The highest BCUT2D eigenvalue weighted by Gasteiger charge is 2.34. The molecule has 3 nitrogen and oxygen atoms in total. The van der Waals surface area contributed by atoms with Crippen LogP contribution in [-0.2, 0) is 12.5 Å². The lowest BCUT2D eigenvalue weighted by atomic mass is 9.88. The Morgan fingerprint density at radius 2 is 2.06 bits per heavy atom. The van der Waals surface area contributed by atoms with Crippen molar-refractivity contribution in [1.82, 2.24) is 9.55 Å². The van der Waals surface area contributed by atoms with Gasteiger partial charge in [-0.1, -0.05) is 19.8 Å². The number of nitrogens with zero attached hydrogens (tertiary/aromatic N) is 3. The van der Waals surface area contributed by atoms with Gasteiger partial charge in [0.2, 0.25) is 0 Å². The number of nitriles is 1. The van der Waals surface area contributed by atoms with Gasteiger partial charge in [-0.2, -0.15) is 5.26 Å². The lowest BCUT2D eigenvalue weighted by Gasteiger charge is -2.22. The molecule has 0 N–H and O–H groups in total. The van der Waals surface area contributed by atoms with Crippen molar-refractivity contribution in [2.75, 3.05) is 0 Å². The minimum absolute atomic E-state index is 0.209. The first-order chi connectivity index (χ1) is 8.64. The zero-order valence-electron chi connectivity index (χ0n) is 10.9. The van der Waals surface area contributed by atoms with E-state index in [4.69, 9.17) is 10.2 Å². The summed E-state index contributed by atoms with van der Waals surface area (Å²) in [5, 5.41) is 8.95. The van der Waals surface area contributed by atoms with Gasteiger partial charge in [-0.15, -0.1) is 0 Å². The van der Waals surface area contributed by atoms with Gasteiger partial charge in [0.25, 0.3) is 0 Å². The summed E-state index contributed by atoms with van der Waals surface area (Å²) in [5.74, 6) is 1.17. The van der Waals surface area contributed by atoms with Crippen molar-refractivity contribution in [3.05, 3.63) is 29.6 Å². The standard InChI is InChI=1S/C15H17N3/c1-15(7-3-4-8-15)14-17-12-9-11(10-16)5-6-13(12)18(14)2/h5-6,9H,3-4,7-8H2,1-2H3. The number of fused-ring (bicyclic) bond motifs is 1. The van der Waals surface area contributed by atoms with Crippen LogP contribution in [-0.4, -0.2) is 9.55 Å². The third-order valence-corrected chi connectivity index (χ3v) is 4.26. The van der Waals surface area contributed by atoms with Crippen molar-refractivity contribution in [2.45, 2.75) is 38.0 Å². The number of hydrogen-bond acceptors (Lipinski definition) is 2. The van der Waals surface area contributed by atoms with E-state index >= 15 is 0 Å². The van der Waals surface area contributed by atoms with E-state index in [1.165, 1.54) is 31.5 Å². The largest absolute Gasteiger partial charge is 0.331 e. The quantitative estimate of drug-likeness (QED) is 0.766. The second-order valence-corrected chi connectivity index (χ2v) is 5.58. The minimum atomic E-state index is 0.209. The van der Waals surface area contributed by atoms with E-state index < -0.39 is 0 Å². The van der Waals surface area contributed by atoms with Crippen LogP contribution in [0.3, 0.4) is 0 Å². The molecular formula is C15H17N3. The lowest BCUT2D eigenvalue weighted by molar-refractivity contribution is 0.446. The van der Waals surface area contributed by atoms with Crippen LogP contribution in [0.4, 0.5) is 0 Å². The summed E-state index contributed by atoms with van der Waals surface area (Å²) in [5.41, 5.74) is 2.96. The van der Waals surface area contributed by atoms with Crippen LogP contribution < -0.4 is 0 Å². The van der Waals surface area contributed by atoms with Gasteiger partial charge in [0.1, 0.15) is 5.82 Å². The second-order valence-electron chi connectivity index (χ2n) is 5.58. The van der Waals surface area contributed by atoms with E-state index in [2.05, 4.69) is 24.6 Å². The van der Waals surface area contributed by atoms with Gasteiger partial charge < -0.3 is 4.57 Å². The first-order valence-corrected chi connectivity index (χ1v) is 6.51. The van der Waals surface area contributed by atoms with Crippen molar-refractivity contribution >= 4 is 11.0 Å². The maximum Gasteiger partial charge on any atom is 0.115 e. The van der Waals surface area contributed by atoms with Crippen LogP contribution in [0.1, 0.15) is 44.0 Å². The van der Waals surface area contributed by atoms with Crippen molar-refractivity contribution in [2.24, 2.45) is 7.05 Å². The van der Waals surface area contributed by atoms with Crippen LogP contribution >= 0.6 is 0 Å². The van der Waals surface area contributed by atoms with Crippen molar-refractivity contribution < 1.29 is 0 Å². The van der Waals surface area contributed by atoms with Gasteiger partial charge in [0.15, 0.2) is 0 Å². The summed E-state index contributed by atoms with van der Waals surface area (Å²) in [6.07, 6.45) is 5.02. The van der Waals surface area contributed by atoms with Gasteiger partial charge in [-0.3, -0.25) is 0 Å². The average molecular weight is 239 g/mol. The molecule has 2 aromatic rings. The number of benzene rings is 1. The Kier molecular flexibility index (Phi) is 2.41. The number of aryl methyl sites for hydroxylation is 1. The predicted octanol–water partition coefficient (Wildman–Crippen LogP) is 3.28. The maximum atomic E-state index is 8.95. The molecule has 1 heterocycles. The van der Waals surface area contributed by atoms with E-state index in [0.717, 1.165) is 11.0 Å². The highest BCUT2D eigenvalue weighted by molar-refractivity contribution is 5.78. The number of rotatable bonds is 1. The lowest BCUT2D eigenvalue weighted by Crippen LogP contribution is -2.21. The average Bonchev–Trinajstić information content (AvgIpc) is 2.95. The van der Waals surface area contributed by atoms with Crippen LogP contribution in [0.15, 0.2) is 18.2 Å². The third kappa shape index (κ3) is 1.53. The number of imidazole rings is 1. The van der Waals surface area contributed by atoms with Gasteiger partial charge in [0, 0.05) is 12.5 Å². The molecule has 0 saturated heterocycles. The van der Waals surface area contributed by atoms with Crippen molar-refractivity contribution in [3.63, 3.8) is 0 Å². The fourth-order valence-corrected chi connectivity index (χ4v) is 3.19. The van der Waals surface area contributed by atoms with Gasteiger partial charge in [-0.25, -0.2) is 4.98 Å². The Labute approximate surface area is 107 Å². The van der Waals surface area contributed by atoms with Crippen molar-refractivity contribution in [3.8, 4) is 6.07 Å². The molecule has 0 unspecified atom stereocenters. The summed E-state index contributed by atoms with van der Waals surface area (Å²) in [4.78, 5) is 4.79. The van der Waals surface area contributed by atoms with Crippen LogP contribution in [0, 0.1) is 11.3 Å². The van der Waals surface area contributed by atoms with Crippen LogP contribution in [0.2, 0.25) is 0 Å². The molecule has 3 rings (SSSR count). The summed E-state index contributed by atoms with van der Waals surface area (Å²) < 4.78 is 2.20.